The third-order valence-electron chi connectivity index (χ3n) is 6.90. The molecule has 0 bridgehead atoms. The van der Waals surface area contributed by atoms with Crippen LogP contribution in [-0.4, -0.2) is 62.7 Å². The molecule has 37 heavy (non-hydrogen) atoms. The van der Waals surface area contributed by atoms with Gasteiger partial charge in [-0.05, 0) is 68.7 Å². The van der Waals surface area contributed by atoms with Crippen molar-refractivity contribution in [3.8, 4) is 23.1 Å². The lowest BCUT2D eigenvalue weighted by atomic mass is 10.1. The minimum atomic E-state index is -0.100. The summed E-state index contributed by atoms with van der Waals surface area (Å²) >= 11 is 0. The van der Waals surface area contributed by atoms with Crippen LogP contribution in [-0.2, 0) is 20.6 Å². The average Bonchev–Trinajstić information content (AvgIpc) is 3.59. The Morgan fingerprint density at radius 1 is 1.05 bits per heavy atom. The second kappa shape index (κ2) is 11.0. The van der Waals surface area contributed by atoms with Crippen LogP contribution in [0.2, 0.25) is 0 Å². The molecule has 2 aliphatic rings. The quantitative estimate of drug-likeness (QED) is 0.347. The second-order valence-corrected chi connectivity index (χ2v) is 9.45. The van der Waals surface area contributed by atoms with Crippen molar-refractivity contribution in [2.45, 2.75) is 57.5 Å². The van der Waals surface area contributed by atoms with E-state index in [-0.39, 0.29) is 12.5 Å². The van der Waals surface area contributed by atoms with Gasteiger partial charge in [0.05, 0.1) is 25.4 Å². The zero-order chi connectivity index (χ0) is 25.0. The number of rotatable bonds is 8. The van der Waals surface area contributed by atoms with Gasteiger partial charge in [-0.3, -0.25) is 0 Å². The van der Waals surface area contributed by atoms with Gasteiger partial charge in [-0.15, -0.1) is 0 Å². The smallest absolute Gasteiger partial charge is 0.182 e. The maximum atomic E-state index is 6.04. The zero-order valence-electron chi connectivity index (χ0n) is 21.1. The Balaban J connectivity index is 1.25. The molecular weight excluding hydrogens is 472 g/mol. The first-order chi connectivity index (χ1) is 18.3. The maximum Gasteiger partial charge on any atom is 0.182 e. The molecule has 0 N–H and O–H groups in total. The van der Waals surface area contributed by atoms with Crippen LogP contribution < -0.4 is 4.74 Å². The van der Waals surface area contributed by atoms with Crippen molar-refractivity contribution >= 4 is 10.9 Å². The van der Waals surface area contributed by atoms with Crippen LogP contribution in [0.1, 0.15) is 50.3 Å². The van der Waals surface area contributed by atoms with Gasteiger partial charge < -0.3 is 18.9 Å². The molecular formula is C27H32N6O4. The Morgan fingerprint density at radius 3 is 2.76 bits per heavy atom. The molecule has 0 amide bonds. The number of fused-ring (bicyclic) bond motifs is 1. The largest absolute Gasteiger partial charge is 0.497 e. The molecule has 2 atom stereocenters. The van der Waals surface area contributed by atoms with Crippen molar-refractivity contribution in [3.63, 3.8) is 0 Å². The minimum absolute atomic E-state index is 0.0829. The van der Waals surface area contributed by atoms with Crippen molar-refractivity contribution in [3.05, 3.63) is 48.4 Å². The fourth-order valence-electron chi connectivity index (χ4n) is 4.90. The van der Waals surface area contributed by atoms with Crippen LogP contribution in [0.25, 0.3) is 28.2 Å². The summed E-state index contributed by atoms with van der Waals surface area (Å²) in [7, 11) is 1.66. The Kier molecular flexibility index (Phi) is 7.11. The molecule has 1 aromatic carbocycles. The third-order valence-corrected chi connectivity index (χ3v) is 6.90. The van der Waals surface area contributed by atoms with Crippen molar-refractivity contribution in [2.75, 3.05) is 26.9 Å². The Labute approximate surface area is 215 Å². The topological polar surface area (TPSA) is 98.3 Å². The molecule has 6 rings (SSSR count). The van der Waals surface area contributed by atoms with Crippen molar-refractivity contribution in [1.29, 1.82) is 0 Å². The van der Waals surface area contributed by atoms with E-state index >= 15 is 0 Å². The number of nitrogens with zero attached hydrogens (tertiary/aromatic N) is 6. The van der Waals surface area contributed by atoms with Crippen molar-refractivity contribution < 1.29 is 18.9 Å². The third kappa shape index (κ3) is 5.22. The molecule has 0 saturated carbocycles. The van der Waals surface area contributed by atoms with E-state index in [4.69, 9.17) is 29.0 Å². The van der Waals surface area contributed by atoms with Gasteiger partial charge in [-0.1, -0.05) is 0 Å². The van der Waals surface area contributed by atoms with E-state index in [1.807, 2.05) is 41.3 Å². The number of aromatic nitrogens is 6. The average molecular weight is 505 g/mol. The lowest BCUT2D eigenvalue weighted by Gasteiger charge is -2.23. The molecule has 5 heterocycles. The summed E-state index contributed by atoms with van der Waals surface area (Å²) in [5.41, 5.74) is 2.74. The van der Waals surface area contributed by atoms with Crippen LogP contribution in [0.5, 0.6) is 5.75 Å². The highest BCUT2D eigenvalue weighted by molar-refractivity contribution is 5.92. The van der Waals surface area contributed by atoms with E-state index in [2.05, 4.69) is 10.1 Å². The molecule has 10 heteroatoms. The lowest BCUT2D eigenvalue weighted by Crippen LogP contribution is -2.23. The highest BCUT2D eigenvalue weighted by Crippen LogP contribution is 2.33. The molecule has 10 nitrogen and oxygen atoms in total. The summed E-state index contributed by atoms with van der Waals surface area (Å²) < 4.78 is 26.8. The molecule has 2 fully saturated rings. The Hall–Kier alpha value is -3.34. The fourth-order valence-corrected chi connectivity index (χ4v) is 4.90. The summed E-state index contributed by atoms with van der Waals surface area (Å²) in [6.45, 7) is 2.12. The molecule has 194 valence electrons. The van der Waals surface area contributed by atoms with E-state index in [1.54, 1.807) is 18.0 Å². The first-order valence-corrected chi connectivity index (χ1v) is 13.1. The Morgan fingerprint density at radius 2 is 1.95 bits per heavy atom. The molecule has 3 aromatic heterocycles. The van der Waals surface area contributed by atoms with E-state index in [9.17, 15) is 0 Å². The van der Waals surface area contributed by atoms with Gasteiger partial charge in [0.1, 0.15) is 11.4 Å². The van der Waals surface area contributed by atoms with Crippen molar-refractivity contribution in [1.82, 2.24) is 29.5 Å². The van der Waals surface area contributed by atoms with Crippen LogP contribution in [0, 0.1) is 0 Å². The second-order valence-electron chi connectivity index (χ2n) is 9.45. The Bertz CT molecular complexity index is 1340. The van der Waals surface area contributed by atoms with Crippen LogP contribution in [0.15, 0.2) is 42.9 Å². The van der Waals surface area contributed by atoms with Gasteiger partial charge in [-0.2, -0.15) is 10.2 Å². The summed E-state index contributed by atoms with van der Waals surface area (Å²) in [5, 5.41) is 10.4. The van der Waals surface area contributed by atoms with E-state index in [0.29, 0.717) is 23.9 Å². The van der Waals surface area contributed by atoms with Gasteiger partial charge >= 0.3 is 0 Å². The van der Waals surface area contributed by atoms with Gasteiger partial charge in [0.15, 0.2) is 24.2 Å². The molecule has 0 aliphatic carbocycles. The molecule has 2 saturated heterocycles. The molecule has 2 unspecified atom stereocenters. The summed E-state index contributed by atoms with van der Waals surface area (Å²) in [5.74, 6) is 1.96. The number of hydrogen-bond donors (Lipinski definition) is 0. The molecule has 0 spiro atoms. The zero-order valence-corrected chi connectivity index (χ0v) is 21.1. The SMILES string of the molecule is COc1ccc2c(c1)c(-c1nccc(-n3cc(CCOC4CCCCO4)cn3)n1)nn2C1CCCCO1. The number of ether oxygens (including phenoxy) is 4. The van der Waals surface area contributed by atoms with Gasteiger partial charge in [0.2, 0.25) is 0 Å². The van der Waals surface area contributed by atoms with Gasteiger partial charge in [0.25, 0.3) is 0 Å². The van der Waals surface area contributed by atoms with E-state index in [1.165, 1.54) is 0 Å². The standard InChI is InChI=1S/C27H32N6O4/c1-34-20-8-9-22-21(16-20)26(31-33(22)24-6-2-4-13-35-24)27-28-12-10-23(30-27)32-18-19(17-29-32)11-15-37-25-7-3-5-14-36-25/h8-10,12,16-18,24-25H,2-7,11,13-15H2,1H3. The minimum Gasteiger partial charge on any atom is -0.497 e. The number of methoxy groups -OCH3 is 1. The predicted molar refractivity (Wildman–Crippen MR) is 137 cm³/mol. The molecule has 0 radical (unpaired) electrons. The highest BCUT2D eigenvalue weighted by Gasteiger charge is 2.23. The molecule has 4 aromatic rings. The van der Waals surface area contributed by atoms with Gasteiger partial charge in [-0.25, -0.2) is 19.3 Å². The fraction of sp³-hybridized carbons (Fsp3) is 0.481. The van der Waals surface area contributed by atoms with Crippen LogP contribution in [0.4, 0.5) is 0 Å². The first kappa shape index (κ1) is 24.0. The van der Waals surface area contributed by atoms with E-state index in [0.717, 1.165) is 80.4 Å². The normalized spacial score (nSPS) is 20.4. The monoisotopic (exact) mass is 504 g/mol. The maximum absolute atomic E-state index is 6.04. The predicted octanol–water partition coefficient (Wildman–Crippen LogP) is 4.47. The summed E-state index contributed by atoms with van der Waals surface area (Å²) in [6, 6.07) is 7.79. The van der Waals surface area contributed by atoms with Crippen LogP contribution >= 0.6 is 0 Å². The van der Waals surface area contributed by atoms with Crippen molar-refractivity contribution in [2.24, 2.45) is 0 Å². The molecule has 2 aliphatic heterocycles. The van der Waals surface area contributed by atoms with Gasteiger partial charge in [0, 0.05) is 37.1 Å². The summed E-state index contributed by atoms with van der Waals surface area (Å²) in [4.78, 5) is 9.39. The van der Waals surface area contributed by atoms with Crippen LogP contribution in [0.3, 0.4) is 0 Å². The summed E-state index contributed by atoms with van der Waals surface area (Å²) in [6.07, 6.45) is 12.5. The number of benzene rings is 1. The highest BCUT2D eigenvalue weighted by atomic mass is 16.7. The lowest BCUT2D eigenvalue weighted by molar-refractivity contribution is -0.161. The number of hydrogen-bond acceptors (Lipinski definition) is 8. The first-order valence-electron chi connectivity index (χ1n) is 13.1. The van der Waals surface area contributed by atoms with E-state index < -0.39 is 0 Å².